The molecule has 1 fully saturated rings. The number of likely N-dealkylation sites (N-methyl/N-ethyl adjacent to an activating group) is 1. The molecule has 27 heavy (non-hydrogen) atoms. The molecule has 1 heterocycles. The van der Waals surface area contributed by atoms with Crippen LogP contribution in [-0.2, 0) is 16.1 Å². The third kappa shape index (κ3) is 8.34. The molecule has 0 aromatic heterocycles. The maximum absolute atomic E-state index is 11.9. The van der Waals surface area contributed by atoms with Crippen LogP contribution in [0.2, 0.25) is 0 Å². The lowest BCUT2D eigenvalue weighted by molar-refractivity contribution is -0.127. The molecule has 0 radical (unpaired) electrons. The van der Waals surface area contributed by atoms with Gasteiger partial charge in [-0.15, -0.1) is 24.0 Å². The number of guanidine groups is 1. The molecule has 152 valence electrons. The monoisotopic (exact) mass is 490 g/mol. The largest absolute Gasteiger partial charge is 0.496 e. The van der Waals surface area contributed by atoms with E-state index in [1.807, 2.05) is 24.3 Å². The summed E-state index contributed by atoms with van der Waals surface area (Å²) in [5.74, 6) is 1.39. The number of methoxy groups -OCH3 is 1. The molecular weight excluding hydrogens is 459 g/mol. The number of ether oxygens (including phenoxy) is 2. The van der Waals surface area contributed by atoms with E-state index in [4.69, 9.17) is 9.47 Å². The highest BCUT2D eigenvalue weighted by molar-refractivity contribution is 14.0. The first kappa shape index (κ1) is 23.5. The highest BCUT2D eigenvalue weighted by Crippen LogP contribution is 2.18. The predicted octanol–water partition coefficient (Wildman–Crippen LogP) is 2.01. The van der Waals surface area contributed by atoms with E-state index in [0.29, 0.717) is 19.0 Å². The van der Waals surface area contributed by atoms with Gasteiger partial charge < -0.3 is 25.0 Å². The van der Waals surface area contributed by atoms with Crippen LogP contribution in [-0.4, -0.2) is 63.8 Å². The Labute approximate surface area is 178 Å². The van der Waals surface area contributed by atoms with Gasteiger partial charge in [-0.25, -0.2) is 4.99 Å². The summed E-state index contributed by atoms with van der Waals surface area (Å²) in [6.45, 7) is 2.14. The summed E-state index contributed by atoms with van der Waals surface area (Å²) in [4.78, 5) is 18.0. The summed E-state index contributed by atoms with van der Waals surface area (Å²) in [5, 5.41) is 6.39. The van der Waals surface area contributed by atoms with Crippen molar-refractivity contribution in [1.82, 2.24) is 15.5 Å². The van der Waals surface area contributed by atoms with Crippen LogP contribution in [0.3, 0.4) is 0 Å². The Morgan fingerprint density at radius 3 is 2.74 bits per heavy atom. The molecule has 1 atom stereocenters. The number of nitrogens with one attached hydrogen (secondary N) is 2. The van der Waals surface area contributed by atoms with Crippen LogP contribution in [0.1, 0.15) is 24.8 Å². The van der Waals surface area contributed by atoms with Crippen molar-refractivity contribution in [3.05, 3.63) is 29.8 Å². The Balaban J connectivity index is 0.00000364. The molecule has 2 N–H and O–H groups in total. The number of carbonyl (C=O) groups is 1. The van der Waals surface area contributed by atoms with Gasteiger partial charge in [0.05, 0.1) is 26.3 Å². The summed E-state index contributed by atoms with van der Waals surface area (Å²) >= 11 is 0. The molecule has 0 bridgehead atoms. The zero-order chi connectivity index (χ0) is 18.8. The molecule has 1 unspecified atom stereocenters. The number of hydrogen-bond acceptors (Lipinski definition) is 4. The predicted molar refractivity (Wildman–Crippen MR) is 118 cm³/mol. The van der Waals surface area contributed by atoms with Crippen LogP contribution >= 0.6 is 24.0 Å². The summed E-state index contributed by atoms with van der Waals surface area (Å²) in [5.41, 5.74) is 0.990. The summed E-state index contributed by atoms with van der Waals surface area (Å²) in [6.07, 6.45) is 3.54. The van der Waals surface area contributed by atoms with Gasteiger partial charge in [0.2, 0.25) is 5.91 Å². The van der Waals surface area contributed by atoms with Gasteiger partial charge in [0.15, 0.2) is 5.96 Å². The van der Waals surface area contributed by atoms with Crippen molar-refractivity contribution in [3.8, 4) is 5.75 Å². The van der Waals surface area contributed by atoms with Gasteiger partial charge in [-0.05, 0) is 25.3 Å². The highest BCUT2D eigenvalue weighted by atomic mass is 127. The number of benzene rings is 1. The highest BCUT2D eigenvalue weighted by Gasteiger charge is 2.14. The number of hydrogen-bond donors (Lipinski definition) is 2. The second-order valence-corrected chi connectivity index (χ2v) is 6.49. The normalized spacial score (nSPS) is 16.9. The van der Waals surface area contributed by atoms with Crippen LogP contribution in [0.15, 0.2) is 29.3 Å². The average Bonchev–Trinajstić information content (AvgIpc) is 2.68. The van der Waals surface area contributed by atoms with Gasteiger partial charge in [-0.2, -0.15) is 0 Å². The summed E-state index contributed by atoms with van der Waals surface area (Å²) in [7, 11) is 5.12. The van der Waals surface area contributed by atoms with E-state index in [0.717, 1.165) is 30.8 Å². The molecule has 8 heteroatoms. The molecule has 1 aliphatic rings. The van der Waals surface area contributed by atoms with Crippen molar-refractivity contribution in [2.75, 3.05) is 40.9 Å². The minimum atomic E-state index is -0.00860. The molecule has 1 amide bonds. The smallest absolute Gasteiger partial charge is 0.241 e. The Kier molecular flexibility index (Phi) is 11.1. The molecule has 1 aromatic carbocycles. The molecular formula is C19H31IN4O3. The van der Waals surface area contributed by atoms with E-state index in [9.17, 15) is 4.79 Å². The number of halogens is 1. The quantitative estimate of drug-likeness (QED) is 0.348. The summed E-state index contributed by atoms with van der Waals surface area (Å²) < 4.78 is 11.1. The molecule has 0 spiro atoms. The zero-order valence-electron chi connectivity index (χ0n) is 16.4. The van der Waals surface area contributed by atoms with Crippen molar-refractivity contribution in [2.24, 2.45) is 4.99 Å². The Morgan fingerprint density at radius 2 is 2.07 bits per heavy atom. The molecule has 0 aliphatic carbocycles. The van der Waals surface area contributed by atoms with E-state index >= 15 is 0 Å². The van der Waals surface area contributed by atoms with Crippen LogP contribution in [0, 0.1) is 0 Å². The minimum absolute atomic E-state index is 0. The van der Waals surface area contributed by atoms with Crippen LogP contribution in [0.5, 0.6) is 5.75 Å². The topological polar surface area (TPSA) is 75.2 Å². The first-order chi connectivity index (χ1) is 12.6. The van der Waals surface area contributed by atoms with E-state index in [1.165, 1.54) is 6.42 Å². The maximum atomic E-state index is 11.9. The third-order valence-electron chi connectivity index (χ3n) is 4.28. The van der Waals surface area contributed by atoms with Gasteiger partial charge in [0.25, 0.3) is 0 Å². The van der Waals surface area contributed by atoms with Crippen LogP contribution in [0.25, 0.3) is 0 Å². The van der Waals surface area contributed by atoms with E-state index in [-0.39, 0.29) is 42.5 Å². The minimum Gasteiger partial charge on any atom is -0.496 e. The lowest BCUT2D eigenvalue weighted by Crippen LogP contribution is -2.45. The zero-order valence-corrected chi connectivity index (χ0v) is 18.7. The van der Waals surface area contributed by atoms with E-state index in [1.54, 1.807) is 26.1 Å². The van der Waals surface area contributed by atoms with Crippen LogP contribution in [0.4, 0.5) is 0 Å². The van der Waals surface area contributed by atoms with Crippen molar-refractivity contribution in [2.45, 2.75) is 31.9 Å². The summed E-state index contributed by atoms with van der Waals surface area (Å²) in [6, 6.07) is 7.78. The lowest BCUT2D eigenvalue weighted by Gasteiger charge is -2.24. The van der Waals surface area contributed by atoms with Crippen molar-refractivity contribution in [3.63, 3.8) is 0 Å². The SMILES string of the molecule is COc1ccccc1CN=C(NCC(=O)N(C)C)NCC1CCCCO1.I. The number of carbonyl (C=O) groups excluding carboxylic acids is 1. The number of amides is 1. The molecule has 1 saturated heterocycles. The molecule has 2 rings (SSSR count). The fraction of sp³-hybridized carbons (Fsp3) is 0.579. The Hall–Kier alpha value is -1.55. The van der Waals surface area contributed by atoms with Gasteiger partial charge in [-0.1, -0.05) is 18.2 Å². The Morgan fingerprint density at radius 1 is 1.30 bits per heavy atom. The first-order valence-corrected chi connectivity index (χ1v) is 9.06. The number of nitrogens with zero attached hydrogens (tertiary/aromatic N) is 2. The fourth-order valence-corrected chi connectivity index (χ4v) is 2.67. The van der Waals surface area contributed by atoms with Crippen molar-refractivity contribution in [1.29, 1.82) is 0 Å². The molecule has 0 saturated carbocycles. The van der Waals surface area contributed by atoms with Crippen molar-refractivity contribution >= 4 is 35.8 Å². The Bertz CT molecular complexity index is 604. The molecule has 1 aromatic rings. The van der Waals surface area contributed by atoms with E-state index in [2.05, 4.69) is 15.6 Å². The number of rotatable bonds is 7. The van der Waals surface area contributed by atoms with Crippen molar-refractivity contribution < 1.29 is 14.3 Å². The van der Waals surface area contributed by atoms with Crippen LogP contribution < -0.4 is 15.4 Å². The van der Waals surface area contributed by atoms with Gasteiger partial charge in [0.1, 0.15) is 5.75 Å². The van der Waals surface area contributed by atoms with Gasteiger partial charge >= 0.3 is 0 Å². The molecule has 1 aliphatic heterocycles. The number of aliphatic imine (C=N–C) groups is 1. The van der Waals surface area contributed by atoms with E-state index < -0.39 is 0 Å². The average molecular weight is 490 g/mol. The number of para-hydroxylation sites is 1. The lowest BCUT2D eigenvalue weighted by atomic mass is 10.1. The van der Waals surface area contributed by atoms with Gasteiger partial charge in [0, 0.05) is 32.8 Å². The first-order valence-electron chi connectivity index (χ1n) is 9.06. The second kappa shape index (κ2) is 12.8. The molecule has 7 nitrogen and oxygen atoms in total. The van der Waals surface area contributed by atoms with Gasteiger partial charge in [-0.3, -0.25) is 4.79 Å². The second-order valence-electron chi connectivity index (χ2n) is 6.49. The maximum Gasteiger partial charge on any atom is 0.241 e. The third-order valence-corrected chi connectivity index (χ3v) is 4.28. The fourth-order valence-electron chi connectivity index (χ4n) is 2.67. The standard InChI is InChI=1S/C19H30N4O3.HI/c1-23(2)18(24)14-22-19(21-13-16-9-6-7-11-26-16)20-12-15-8-4-5-10-17(15)25-3;/h4-5,8,10,16H,6-7,9,11-14H2,1-3H3,(H2,20,21,22);1H.